The minimum Gasteiger partial charge on any atom is -0.378 e. The van der Waals surface area contributed by atoms with Gasteiger partial charge in [-0.15, -0.1) is 0 Å². The van der Waals surface area contributed by atoms with Crippen LogP contribution in [-0.4, -0.2) is 21.2 Å². The highest BCUT2D eigenvalue weighted by molar-refractivity contribution is 5.81. The van der Waals surface area contributed by atoms with Crippen LogP contribution in [0.4, 0.5) is 4.39 Å². The van der Waals surface area contributed by atoms with Gasteiger partial charge in [-0.05, 0) is 48.9 Å². The molecule has 7 heteroatoms. The third kappa shape index (κ3) is 3.35. The molecule has 1 aromatic heterocycles. The molecule has 1 atom stereocenters. The summed E-state index contributed by atoms with van der Waals surface area (Å²) in [5, 5.41) is 19.1. The minimum absolute atomic E-state index is 0.0251. The molecule has 3 rings (SSSR count). The van der Waals surface area contributed by atoms with Crippen LogP contribution >= 0.6 is 0 Å². The molecule has 1 aromatic carbocycles. The number of aliphatic hydroxyl groups excluding tert-OH is 1. The van der Waals surface area contributed by atoms with Gasteiger partial charge < -0.3 is 10.4 Å². The second kappa shape index (κ2) is 6.92. The molecule has 1 heterocycles. The van der Waals surface area contributed by atoms with Crippen LogP contribution in [0.15, 0.2) is 29.1 Å². The number of halogens is 1. The molecule has 1 amide bonds. The fourth-order valence-electron chi connectivity index (χ4n) is 2.92. The molecule has 0 bridgehead atoms. The Morgan fingerprint density at radius 3 is 2.75 bits per heavy atom. The van der Waals surface area contributed by atoms with Crippen LogP contribution in [-0.2, 0) is 24.2 Å². The lowest BCUT2D eigenvalue weighted by atomic mass is 9.93. The van der Waals surface area contributed by atoms with Gasteiger partial charge in [0.2, 0.25) is 0 Å². The average molecular weight is 331 g/mol. The van der Waals surface area contributed by atoms with Gasteiger partial charge in [-0.3, -0.25) is 9.59 Å². The zero-order chi connectivity index (χ0) is 17.1. The van der Waals surface area contributed by atoms with Crippen molar-refractivity contribution in [3.05, 3.63) is 62.8 Å². The van der Waals surface area contributed by atoms with Crippen molar-refractivity contribution < 1.29 is 14.3 Å². The van der Waals surface area contributed by atoms with Gasteiger partial charge in [0.15, 0.2) is 6.10 Å². The summed E-state index contributed by atoms with van der Waals surface area (Å²) in [5.41, 5.74) is 2.21. The van der Waals surface area contributed by atoms with Crippen molar-refractivity contribution in [3.8, 4) is 0 Å². The second-order valence-electron chi connectivity index (χ2n) is 5.84. The van der Waals surface area contributed by atoms with Crippen LogP contribution in [0.2, 0.25) is 0 Å². The molecule has 1 aliphatic rings. The minimum atomic E-state index is -1.41. The Bertz CT molecular complexity index is 802. The normalized spacial score (nSPS) is 14.8. The molecule has 2 aromatic rings. The number of fused-ring (bicyclic) bond motifs is 1. The predicted molar refractivity (Wildman–Crippen MR) is 84.7 cm³/mol. The number of carbonyl (C=O) groups is 1. The smallest absolute Gasteiger partial charge is 0.269 e. The maximum Gasteiger partial charge on any atom is 0.269 e. The molecule has 0 radical (unpaired) electrons. The van der Waals surface area contributed by atoms with Crippen molar-refractivity contribution in [2.75, 3.05) is 0 Å². The Balaban J connectivity index is 1.72. The van der Waals surface area contributed by atoms with Gasteiger partial charge in [-0.1, -0.05) is 12.1 Å². The Morgan fingerprint density at radius 2 is 2.00 bits per heavy atom. The van der Waals surface area contributed by atoms with Crippen molar-refractivity contribution >= 4 is 5.91 Å². The lowest BCUT2D eigenvalue weighted by molar-refractivity contribution is -0.129. The summed E-state index contributed by atoms with van der Waals surface area (Å²) in [6, 6.07) is 5.05. The number of hydrogen-bond donors (Lipinski definition) is 3. The number of nitrogens with one attached hydrogen (secondary N) is 2. The van der Waals surface area contributed by atoms with Crippen LogP contribution in [0.1, 0.15) is 41.3 Å². The van der Waals surface area contributed by atoms with Crippen molar-refractivity contribution in [1.29, 1.82) is 0 Å². The Labute approximate surface area is 137 Å². The van der Waals surface area contributed by atoms with Gasteiger partial charge in [0.1, 0.15) is 5.82 Å². The van der Waals surface area contributed by atoms with E-state index < -0.39 is 17.8 Å². The van der Waals surface area contributed by atoms with E-state index in [0.717, 1.165) is 36.9 Å². The lowest BCUT2D eigenvalue weighted by Gasteiger charge is -2.18. The van der Waals surface area contributed by atoms with Gasteiger partial charge in [0, 0.05) is 12.1 Å². The number of aliphatic hydroxyl groups is 1. The average Bonchev–Trinajstić information content (AvgIpc) is 2.60. The van der Waals surface area contributed by atoms with E-state index in [2.05, 4.69) is 15.5 Å². The third-order valence-corrected chi connectivity index (χ3v) is 4.24. The highest BCUT2D eigenvalue weighted by atomic mass is 19.1. The number of aromatic nitrogens is 2. The molecule has 0 unspecified atom stereocenters. The van der Waals surface area contributed by atoms with Gasteiger partial charge >= 0.3 is 0 Å². The number of amides is 1. The van der Waals surface area contributed by atoms with Crippen molar-refractivity contribution in [2.24, 2.45) is 0 Å². The SMILES string of the molecule is O=C(NCc1c2c(n[nH]c1=O)CCCC2)[C@@H](O)c1ccc(F)cc1. The van der Waals surface area contributed by atoms with Crippen LogP contribution < -0.4 is 10.9 Å². The van der Waals surface area contributed by atoms with Gasteiger partial charge in [-0.2, -0.15) is 5.10 Å². The number of aryl methyl sites for hydroxylation is 1. The summed E-state index contributed by atoms with van der Waals surface area (Å²) in [6.45, 7) is 0.0251. The zero-order valence-corrected chi connectivity index (χ0v) is 13.0. The fraction of sp³-hybridized carbons (Fsp3) is 0.353. The number of hydrogen-bond acceptors (Lipinski definition) is 4. The molecule has 24 heavy (non-hydrogen) atoms. The fourth-order valence-corrected chi connectivity index (χ4v) is 2.92. The molecule has 0 fully saturated rings. The molecule has 3 N–H and O–H groups in total. The summed E-state index contributed by atoms with van der Waals surface area (Å²) >= 11 is 0. The Morgan fingerprint density at radius 1 is 1.29 bits per heavy atom. The van der Waals surface area contributed by atoms with Crippen LogP contribution in [0.3, 0.4) is 0 Å². The Hall–Kier alpha value is -2.54. The van der Waals surface area contributed by atoms with Crippen LogP contribution in [0.25, 0.3) is 0 Å². The van der Waals surface area contributed by atoms with E-state index in [1.54, 1.807) is 0 Å². The molecule has 0 aliphatic heterocycles. The number of H-pyrrole nitrogens is 1. The standard InChI is InChI=1S/C17H18FN3O3/c18-11-7-5-10(6-8-11)15(22)17(24)19-9-13-12-3-1-2-4-14(12)20-21-16(13)23/h5-8,15,22H,1-4,9H2,(H,19,24)(H,21,23)/t15-/m0/s1. The quantitative estimate of drug-likeness (QED) is 0.783. The maximum atomic E-state index is 12.9. The van der Waals surface area contributed by atoms with Crippen LogP contribution in [0.5, 0.6) is 0 Å². The van der Waals surface area contributed by atoms with Crippen molar-refractivity contribution in [2.45, 2.75) is 38.3 Å². The number of nitrogens with zero attached hydrogens (tertiary/aromatic N) is 1. The first-order chi connectivity index (χ1) is 11.6. The monoisotopic (exact) mass is 331 g/mol. The number of rotatable bonds is 4. The van der Waals surface area contributed by atoms with E-state index in [1.165, 1.54) is 24.3 Å². The Kier molecular flexibility index (Phi) is 4.71. The van der Waals surface area contributed by atoms with E-state index in [1.807, 2.05) is 0 Å². The molecular formula is C17H18FN3O3. The first-order valence-corrected chi connectivity index (χ1v) is 7.87. The largest absolute Gasteiger partial charge is 0.378 e. The zero-order valence-electron chi connectivity index (χ0n) is 13.0. The second-order valence-corrected chi connectivity index (χ2v) is 5.84. The van der Waals surface area contributed by atoms with E-state index in [0.29, 0.717) is 11.1 Å². The van der Waals surface area contributed by atoms with Crippen molar-refractivity contribution in [3.63, 3.8) is 0 Å². The number of aromatic amines is 1. The molecule has 126 valence electrons. The number of carbonyl (C=O) groups excluding carboxylic acids is 1. The van der Waals surface area contributed by atoms with Gasteiger partial charge in [0.05, 0.1) is 5.69 Å². The topological polar surface area (TPSA) is 95.1 Å². The molecule has 0 saturated heterocycles. The molecule has 0 saturated carbocycles. The maximum absolute atomic E-state index is 12.9. The van der Waals surface area contributed by atoms with E-state index in [4.69, 9.17) is 0 Å². The summed E-state index contributed by atoms with van der Waals surface area (Å²) in [6.07, 6.45) is 2.17. The molecule has 6 nitrogen and oxygen atoms in total. The van der Waals surface area contributed by atoms with Crippen LogP contribution in [0, 0.1) is 5.82 Å². The summed E-state index contributed by atoms with van der Waals surface area (Å²) < 4.78 is 12.9. The van der Waals surface area contributed by atoms with Gasteiger partial charge in [-0.25, -0.2) is 9.49 Å². The first kappa shape index (κ1) is 16.3. The third-order valence-electron chi connectivity index (χ3n) is 4.24. The summed E-state index contributed by atoms with van der Waals surface area (Å²) in [4.78, 5) is 24.1. The predicted octanol–water partition coefficient (Wildman–Crippen LogP) is 1.14. The summed E-state index contributed by atoms with van der Waals surface area (Å²) in [5.74, 6) is -1.08. The first-order valence-electron chi connectivity index (χ1n) is 7.87. The van der Waals surface area contributed by atoms with Crippen molar-refractivity contribution in [1.82, 2.24) is 15.5 Å². The summed E-state index contributed by atoms with van der Waals surface area (Å²) in [7, 11) is 0. The molecule has 0 spiro atoms. The highest BCUT2D eigenvalue weighted by Crippen LogP contribution is 2.20. The molecule has 1 aliphatic carbocycles. The van der Waals surface area contributed by atoms with Gasteiger partial charge in [0.25, 0.3) is 11.5 Å². The highest BCUT2D eigenvalue weighted by Gasteiger charge is 2.21. The number of benzene rings is 1. The van der Waals surface area contributed by atoms with E-state index in [9.17, 15) is 19.1 Å². The molecular weight excluding hydrogens is 313 g/mol. The van der Waals surface area contributed by atoms with E-state index >= 15 is 0 Å². The van der Waals surface area contributed by atoms with E-state index in [-0.39, 0.29) is 12.1 Å². The lowest BCUT2D eigenvalue weighted by Crippen LogP contribution is -2.33.